The highest BCUT2D eigenvalue weighted by molar-refractivity contribution is 5.83. The minimum absolute atomic E-state index is 0.0113. The van der Waals surface area contributed by atoms with Crippen molar-refractivity contribution in [1.82, 2.24) is 0 Å². The second kappa shape index (κ2) is 4.38. The van der Waals surface area contributed by atoms with Crippen LogP contribution in [0.2, 0.25) is 0 Å². The van der Waals surface area contributed by atoms with Crippen LogP contribution >= 0.6 is 0 Å². The second-order valence-electron chi connectivity index (χ2n) is 4.17. The van der Waals surface area contributed by atoms with Crippen LogP contribution in [0.15, 0.2) is 24.3 Å². The molecule has 1 fully saturated rings. The first-order chi connectivity index (χ1) is 8.49. The van der Waals surface area contributed by atoms with Crippen molar-refractivity contribution < 1.29 is 19.2 Å². The predicted molar refractivity (Wildman–Crippen MR) is 62.0 cm³/mol. The molecule has 0 bridgehead atoms. The first-order valence-corrected chi connectivity index (χ1v) is 5.58. The van der Waals surface area contributed by atoms with Gasteiger partial charge < -0.3 is 9.47 Å². The highest BCUT2D eigenvalue weighted by atomic mass is 16.7. The van der Waals surface area contributed by atoms with Gasteiger partial charge >= 0.3 is 5.97 Å². The standard InChI is InChI=1S/C12H13NO5/c1-3-17-11(14)12(2)10(18-12)8-4-6-9(7-5-8)13(15)16/h4-7,10H,3H2,1-2H3/t10-,12-/m0/s1. The topological polar surface area (TPSA) is 82.0 Å². The molecule has 0 amide bonds. The van der Waals surface area contributed by atoms with Gasteiger partial charge in [-0.25, -0.2) is 4.79 Å². The number of carbonyl (C=O) groups is 1. The Morgan fingerprint density at radius 1 is 1.50 bits per heavy atom. The zero-order valence-electron chi connectivity index (χ0n) is 10.1. The summed E-state index contributed by atoms with van der Waals surface area (Å²) >= 11 is 0. The molecule has 18 heavy (non-hydrogen) atoms. The van der Waals surface area contributed by atoms with E-state index in [9.17, 15) is 14.9 Å². The Bertz CT molecular complexity index is 484. The maximum absolute atomic E-state index is 11.6. The third-order valence-electron chi connectivity index (χ3n) is 2.89. The summed E-state index contributed by atoms with van der Waals surface area (Å²) in [7, 11) is 0. The quantitative estimate of drug-likeness (QED) is 0.353. The number of hydrogen-bond donors (Lipinski definition) is 0. The number of nitro benzene ring substituents is 1. The van der Waals surface area contributed by atoms with Crippen molar-refractivity contribution in [2.24, 2.45) is 0 Å². The highest BCUT2D eigenvalue weighted by Crippen LogP contribution is 2.50. The Balaban J connectivity index is 2.11. The lowest BCUT2D eigenvalue weighted by molar-refractivity contribution is -0.384. The van der Waals surface area contributed by atoms with E-state index in [0.29, 0.717) is 6.61 Å². The first-order valence-electron chi connectivity index (χ1n) is 5.58. The average molecular weight is 251 g/mol. The maximum atomic E-state index is 11.6. The number of epoxide rings is 1. The average Bonchev–Trinajstić information content (AvgIpc) is 3.04. The lowest BCUT2D eigenvalue weighted by Crippen LogP contribution is -2.24. The summed E-state index contributed by atoms with van der Waals surface area (Å²) in [5.41, 5.74) is -0.222. The minimum atomic E-state index is -0.966. The molecule has 96 valence electrons. The van der Waals surface area contributed by atoms with Gasteiger partial charge in [-0.2, -0.15) is 0 Å². The number of benzene rings is 1. The van der Waals surface area contributed by atoms with Gasteiger partial charge in [-0.05, 0) is 31.5 Å². The molecular weight excluding hydrogens is 238 g/mol. The number of hydrogen-bond acceptors (Lipinski definition) is 5. The molecule has 2 atom stereocenters. The lowest BCUT2D eigenvalue weighted by atomic mass is 10.0. The zero-order valence-corrected chi connectivity index (χ0v) is 10.1. The van der Waals surface area contributed by atoms with Gasteiger partial charge in [0.1, 0.15) is 6.10 Å². The number of ether oxygens (including phenoxy) is 2. The molecule has 1 aromatic rings. The molecule has 0 unspecified atom stereocenters. The fraction of sp³-hybridized carbons (Fsp3) is 0.417. The van der Waals surface area contributed by atoms with Gasteiger partial charge in [-0.3, -0.25) is 10.1 Å². The lowest BCUT2D eigenvalue weighted by Gasteiger charge is -2.05. The summed E-state index contributed by atoms with van der Waals surface area (Å²) in [6, 6.07) is 5.96. The molecule has 0 aliphatic carbocycles. The molecule has 1 heterocycles. The van der Waals surface area contributed by atoms with Crippen LogP contribution in [0.25, 0.3) is 0 Å². The number of esters is 1. The number of carbonyl (C=O) groups excluding carboxylic acids is 1. The zero-order chi connectivity index (χ0) is 13.3. The van der Waals surface area contributed by atoms with Gasteiger partial charge in [0.25, 0.3) is 5.69 Å². The minimum Gasteiger partial charge on any atom is -0.464 e. The molecule has 2 rings (SSSR count). The summed E-state index contributed by atoms with van der Waals surface area (Å²) in [6.07, 6.45) is -0.391. The third kappa shape index (κ3) is 2.06. The fourth-order valence-electron chi connectivity index (χ4n) is 1.80. The van der Waals surface area contributed by atoms with Gasteiger partial charge in [-0.1, -0.05) is 0 Å². The summed E-state index contributed by atoms with van der Waals surface area (Å²) in [4.78, 5) is 21.7. The summed E-state index contributed by atoms with van der Waals surface area (Å²) in [6.45, 7) is 3.67. The van der Waals surface area contributed by atoms with Crippen molar-refractivity contribution in [2.75, 3.05) is 6.61 Å². The van der Waals surface area contributed by atoms with Crippen LogP contribution in [0.5, 0.6) is 0 Å². The summed E-state index contributed by atoms with van der Waals surface area (Å²) in [5.74, 6) is -0.409. The van der Waals surface area contributed by atoms with Gasteiger partial charge in [0.2, 0.25) is 0 Å². The maximum Gasteiger partial charge on any atom is 0.341 e. The van der Waals surface area contributed by atoms with E-state index in [4.69, 9.17) is 9.47 Å². The van der Waals surface area contributed by atoms with E-state index in [1.54, 1.807) is 26.0 Å². The fourth-order valence-corrected chi connectivity index (χ4v) is 1.80. The van der Waals surface area contributed by atoms with Crippen molar-refractivity contribution in [3.05, 3.63) is 39.9 Å². The van der Waals surface area contributed by atoms with Crippen molar-refractivity contribution in [1.29, 1.82) is 0 Å². The Hall–Kier alpha value is -1.95. The molecule has 0 N–H and O–H groups in total. The summed E-state index contributed by atoms with van der Waals surface area (Å²) < 4.78 is 10.3. The van der Waals surface area contributed by atoms with E-state index in [1.165, 1.54) is 12.1 Å². The van der Waals surface area contributed by atoms with Crippen molar-refractivity contribution in [2.45, 2.75) is 25.6 Å². The first kappa shape index (κ1) is 12.5. The van der Waals surface area contributed by atoms with Gasteiger partial charge in [-0.15, -0.1) is 0 Å². The van der Waals surface area contributed by atoms with Crippen LogP contribution in [-0.4, -0.2) is 23.1 Å². The van der Waals surface area contributed by atoms with Gasteiger partial charge in [0.15, 0.2) is 5.60 Å². The second-order valence-corrected chi connectivity index (χ2v) is 4.17. The number of non-ortho nitro benzene ring substituents is 1. The third-order valence-corrected chi connectivity index (χ3v) is 2.89. The van der Waals surface area contributed by atoms with E-state index in [2.05, 4.69) is 0 Å². The Morgan fingerprint density at radius 2 is 2.11 bits per heavy atom. The highest BCUT2D eigenvalue weighted by Gasteiger charge is 2.60. The van der Waals surface area contributed by atoms with Gasteiger partial charge in [0, 0.05) is 12.1 Å². The van der Waals surface area contributed by atoms with E-state index in [-0.39, 0.29) is 5.69 Å². The Kier molecular flexibility index (Phi) is 3.04. The van der Waals surface area contributed by atoms with Gasteiger partial charge in [0.05, 0.1) is 11.5 Å². The van der Waals surface area contributed by atoms with Crippen LogP contribution in [-0.2, 0) is 14.3 Å². The molecule has 0 spiro atoms. The SMILES string of the molecule is CCOC(=O)[C@@]1(C)O[C@H]1c1ccc([N+](=O)[O-])cc1. The van der Waals surface area contributed by atoms with Crippen molar-refractivity contribution in [3.63, 3.8) is 0 Å². The van der Waals surface area contributed by atoms with Crippen molar-refractivity contribution in [3.8, 4) is 0 Å². The van der Waals surface area contributed by atoms with Crippen molar-refractivity contribution >= 4 is 11.7 Å². The Labute approximate surface area is 104 Å². The molecule has 6 nitrogen and oxygen atoms in total. The number of nitro groups is 1. The molecule has 1 aliphatic heterocycles. The monoisotopic (exact) mass is 251 g/mol. The smallest absolute Gasteiger partial charge is 0.341 e. The molecule has 6 heteroatoms. The Morgan fingerprint density at radius 3 is 2.61 bits per heavy atom. The normalized spacial score (nSPS) is 25.6. The molecule has 1 aliphatic rings. The van der Waals surface area contributed by atoms with E-state index < -0.39 is 22.6 Å². The van der Waals surface area contributed by atoms with E-state index in [1.807, 2.05) is 0 Å². The summed E-state index contributed by atoms with van der Waals surface area (Å²) in [5, 5.41) is 10.5. The van der Waals surface area contributed by atoms with Crippen LogP contribution in [0.1, 0.15) is 25.5 Å². The molecular formula is C12H13NO5. The molecule has 0 aromatic heterocycles. The molecule has 1 saturated heterocycles. The van der Waals surface area contributed by atoms with Crippen LogP contribution in [0.3, 0.4) is 0 Å². The number of rotatable bonds is 4. The molecule has 0 radical (unpaired) electrons. The van der Waals surface area contributed by atoms with Crippen LogP contribution in [0, 0.1) is 10.1 Å². The predicted octanol–water partition coefficient (Wildman–Crippen LogP) is 1.99. The van der Waals surface area contributed by atoms with Crippen LogP contribution in [0.4, 0.5) is 5.69 Å². The van der Waals surface area contributed by atoms with Crippen LogP contribution < -0.4 is 0 Å². The van der Waals surface area contributed by atoms with E-state index >= 15 is 0 Å². The largest absolute Gasteiger partial charge is 0.464 e. The van der Waals surface area contributed by atoms with E-state index in [0.717, 1.165) is 5.56 Å². The number of nitrogens with zero attached hydrogens (tertiary/aromatic N) is 1. The molecule has 1 aromatic carbocycles. The molecule has 0 saturated carbocycles.